The van der Waals surface area contributed by atoms with Crippen LogP contribution in [0, 0.1) is 0 Å². The highest BCUT2D eigenvalue weighted by molar-refractivity contribution is 5.79. The third-order valence-corrected chi connectivity index (χ3v) is 3.98. The zero-order chi connectivity index (χ0) is 18.9. The van der Waals surface area contributed by atoms with Crippen molar-refractivity contribution in [3.8, 4) is 0 Å². The van der Waals surface area contributed by atoms with Crippen LogP contribution in [0.5, 0.6) is 0 Å². The first-order chi connectivity index (χ1) is 12.4. The summed E-state index contributed by atoms with van der Waals surface area (Å²) >= 11 is 0. The van der Waals surface area contributed by atoms with Crippen molar-refractivity contribution in [2.45, 2.75) is 32.5 Å². The molecule has 0 aliphatic rings. The molecular formula is C21H27N3O2. The van der Waals surface area contributed by atoms with Crippen LogP contribution in [0.4, 0.5) is 0 Å². The minimum absolute atomic E-state index is 0.0926. The summed E-state index contributed by atoms with van der Waals surface area (Å²) in [6.45, 7) is 2.83. The van der Waals surface area contributed by atoms with Crippen molar-refractivity contribution in [1.82, 2.24) is 15.5 Å². The van der Waals surface area contributed by atoms with E-state index < -0.39 is 0 Å². The zero-order valence-corrected chi connectivity index (χ0v) is 15.7. The minimum atomic E-state index is -0.323. The molecule has 0 aliphatic heterocycles. The fraction of sp³-hybridized carbons (Fsp3) is 0.333. The molecule has 0 fully saturated rings. The van der Waals surface area contributed by atoms with E-state index in [0.29, 0.717) is 6.54 Å². The number of carbonyl (C=O) groups excluding carboxylic acids is 2. The average molecular weight is 353 g/mol. The lowest BCUT2D eigenvalue weighted by Crippen LogP contribution is -2.32. The number of hydrogen-bond donors (Lipinski definition) is 2. The molecule has 2 aromatic carbocycles. The molecule has 0 aromatic heterocycles. The van der Waals surface area contributed by atoms with E-state index in [2.05, 4.69) is 27.7 Å². The van der Waals surface area contributed by atoms with Gasteiger partial charge in [-0.2, -0.15) is 0 Å². The van der Waals surface area contributed by atoms with E-state index in [1.165, 1.54) is 12.5 Å². The van der Waals surface area contributed by atoms with Crippen molar-refractivity contribution in [2.75, 3.05) is 14.1 Å². The molecule has 0 saturated heterocycles. The molecule has 2 N–H and O–H groups in total. The summed E-state index contributed by atoms with van der Waals surface area (Å²) < 4.78 is 0. The van der Waals surface area contributed by atoms with Gasteiger partial charge in [-0.25, -0.2) is 0 Å². The van der Waals surface area contributed by atoms with Crippen LogP contribution in [0.2, 0.25) is 0 Å². The fourth-order valence-corrected chi connectivity index (χ4v) is 2.77. The summed E-state index contributed by atoms with van der Waals surface area (Å²) in [5, 5.41) is 5.78. The number of amides is 2. The molecular weight excluding hydrogens is 326 g/mol. The number of benzene rings is 2. The van der Waals surface area contributed by atoms with Crippen molar-refractivity contribution in [1.29, 1.82) is 0 Å². The largest absolute Gasteiger partial charge is 0.352 e. The molecule has 5 heteroatoms. The first-order valence-corrected chi connectivity index (χ1v) is 8.75. The highest BCUT2D eigenvalue weighted by atomic mass is 16.2. The number of hydrogen-bond acceptors (Lipinski definition) is 3. The smallest absolute Gasteiger partial charge is 0.222 e. The summed E-state index contributed by atoms with van der Waals surface area (Å²) in [5.74, 6) is -0.242. The maximum Gasteiger partial charge on any atom is 0.222 e. The van der Waals surface area contributed by atoms with Gasteiger partial charge in [-0.05, 0) is 30.8 Å². The van der Waals surface area contributed by atoms with Gasteiger partial charge in [-0.1, -0.05) is 54.6 Å². The Hall–Kier alpha value is -2.66. The van der Waals surface area contributed by atoms with Gasteiger partial charge in [0.05, 0.1) is 12.5 Å². The Morgan fingerprint density at radius 3 is 2.15 bits per heavy atom. The third kappa shape index (κ3) is 6.69. The second kappa shape index (κ2) is 9.73. The van der Waals surface area contributed by atoms with Crippen LogP contribution in [0.3, 0.4) is 0 Å². The van der Waals surface area contributed by atoms with Crippen LogP contribution >= 0.6 is 0 Å². The van der Waals surface area contributed by atoms with Gasteiger partial charge >= 0.3 is 0 Å². The number of carbonyl (C=O) groups is 2. The SMILES string of the molecule is CC(=O)NC(CC(=O)NCc1ccc(CN(C)C)cc1)c1ccccc1. The van der Waals surface area contributed by atoms with E-state index in [9.17, 15) is 9.59 Å². The molecule has 0 spiro atoms. The van der Waals surface area contributed by atoms with Crippen LogP contribution in [0.25, 0.3) is 0 Å². The topological polar surface area (TPSA) is 61.4 Å². The predicted molar refractivity (Wildman–Crippen MR) is 103 cm³/mol. The quantitative estimate of drug-likeness (QED) is 0.767. The summed E-state index contributed by atoms with van der Waals surface area (Å²) in [5.41, 5.74) is 3.21. The van der Waals surface area contributed by atoms with Crippen molar-refractivity contribution < 1.29 is 9.59 Å². The Balaban J connectivity index is 1.90. The number of rotatable bonds is 8. The van der Waals surface area contributed by atoms with Crippen LogP contribution < -0.4 is 10.6 Å². The molecule has 1 unspecified atom stereocenters. The van der Waals surface area contributed by atoms with Gasteiger partial charge < -0.3 is 15.5 Å². The molecule has 0 heterocycles. The maximum atomic E-state index is 12.3. The monoisotopic (exact) mass is 353 g/mol. The molecule has 0 aliphatic carbocycles. The lowest BCUT2D eigenvalue weighted by Gasteiger charge is -2.18. The van der Waals surface area contributed by atoms with E-state index >= 15 is 0 Å². The van der Waals surface area contributed by atoms with Gasteiger partial charge in [0.25, 0.3) is 0 Å². The average Bonchev–Trinajstić information content (AvgIpc) is 2.60. The van der Waals surface area contributed by atoms with Crippen LogP contribution in [-0.2, 0) is 22.7 Å². The first-order valence-electron chi connectivity index (χ1n) is 8.75. The van der Waals surface area contributed by atoms with E-state index in [0.717, 1.165) is 17.7 Å². The predicted octanol–water partition coefficient (Wildman–Crippen LogP) is 2.63. The van der Waals surface area contributed by atoms with Gasteiger partial charge in [0.1, 0.15) is 0 Å². The number of nitrogens with one attached hydrogen (secondary N) is 2. The molecule has 0 bridgehead atoms. The van der Waals surface area contributed by atoms with Crippen molar-refractivity contribution in [3.63, 3.8) is 0 Å². The number of nitrogens with zero attached hydrogens (tertiary/aromatic N) is 1. The van der Waals surface area contributed by atoms with Gasteiger partial charge in [0, 0.05) is 20.0 Å². The van der Waals surface area contributed by atoms with Crippen LogP contribution in [-0.4, -0.2) is 30.8 Å². The molecule has 0 saturated carbocycles. The summed E-state index contributed by atoms with van der Waals surface area (Å²) in [6, 6.07) is 17.4. The van der Waals surface area contributed by atoms with Crippen LogP contribution in [0.15, 0.2) is 54.6 Å². The maximum absolute atomic E-state index is 12.3. The van der Waals surface area contributed by atoms with E-state index in [4.69, 9.17) is 0 Å². The van der Waals surface area contributed by atoms with Gasteiger partial charge in [0.2, 0.25) is 11.8 Å². The molecule has 0 radical (unpaired) electrons. The summed E-state index contributed by atoms with van der Waals surface area (Å²) in [4.78, 5) is 25.9. The minimum Gasteiger partial charge on any atom is -0.352 e. The normalized spacial score (nSPS) is 11.8. The van der Waals surface area contributed by atoms with Gasteiger partial charge in [-0.15, -0.1) is 0 Å². The molecule has 138 valence electrons. The van der Waals surface area contributed by atoms with Crippen molar-refractivity contribution in [2.24, 2.45) is 0 Å². The lowest BCUT2D eigenvalue weighted by atomic mass is 10.0. The summed E-state index contributed by atoms with van der Waals surface area (Å²) in [6.07, 6.45) is 0.211. The highest BCUT2D eigenvalue weighted by Crippen LogP contribution is 2.16. The Morgan fingerprint density at radius 2 is 1.58 bits per heavy atom. The van der Waals surface area contributed by atoms with Crippen LogP contribution in [0.1, 0.15) is 36.1 Å². The zero-order valence-electron chi connectivity index (χ0n) is 15.7. The van der Waals surface area contributed by atoms with E-state index in [1.54, 1.807) is 0 Å². The summed E-state index contributed by atoms with van der Waals surface area (Å²) in [7, 11) is 4.07. The molecule has 1 atom stereocenters. The Morgan fingerprint density at radius 1 is 0.962 bits per heavy atom. The molecule has 2 aromatic rings. The first kappa shape index (κ1) is 19.7. The molecule has 26 heavy (non-hydrogen) atoms. The van der Waals surface area contributed by atoms with Gasteiger partial charge in [-0.3, -0.25) is 9.59 Å². The van der Waals surface area contributed by atoms with Crippen molar-refractivity contribution >= 4 is 11.8 Å². The molecule has 2 rings (SSSR count). The van der Waals surface area contributed by atoms with Crippen molar-refractivity contribution in [3.05, 3.63) is 71.3 Å². The van der Waals surface area contributed by atoms with Gasteiger partial charge in [0.15, 0.2) is 0 Å². The standard InChI is InChI=1S/C21H27N3O2/c1-16(25)23-20(19-7-5-4-6-8-19)13-21(26)22-14-17-9-11-18(12-10-17)15-24(2)3/h4-12,20H,13-15H2,1-3H3,(H,22,26)(H,23,25). The second-order valence-corrected chi connectivity index (χ2v) is 6.70. The van der Waals surface area contributed by atoms with E-state index in [-0.39, 0.29) is 24.3 Å². The lowest BCUT2D eigenvalue weighted by molar-refractivity contribution is -0.122. The van der Waals surface area contributed by atoms with E-state index in [1.807, 2.05) is 56.6 Å². The Bertz CT molecular complexity index is 712. The third-order valence-electron chi connectivity index (χ3n) is 3.98. The Kier molecular flexibility index (Phi) is 7.36. The molecule has 2 amide bonds. The fourth-order valence-electron chi connectivity index (χ4n) is 2.77. The highest BCUT2D eigenvalue weighted by Gasteiger charge is 2.16. The Labute approximate surface area is 155 Å². The molecule has 5 nitrogen and oxygen atoms in total. The second-order valence-electron chi connectivity index (χ2n) is 6.70.